The van der Waals surface area contributed by atoms with Crippen LogP contribution in [0.3, 0.4) is 0 Å². The van der Waals surface area contributed by atoms with Gasteiger partial charge in [-0.2, -0.15) is 0 Å². The molecule has 1 nitrogen and oxygen atoms in total. The molecule has 36 heavy (non-hydrogen) atoms. The van der Waals surface area contributed by atoms with Crippen LogP contribution in [-0.4, -0.2) is 34.0 Å². The maximum Gasteiger partial charge on any atom is 0.122 e. The number of hydrogen-bond acceptors (Lipinski definition) is 1. The van der Waals surface area contributed by atoms with E-state index in [4.69, 9.17) is 0 Å². The molecule has 0 saturated heterocycles. The van der Waals surface area contributed by atoms with Crippen molar-refractivity contribution in [2.24, 2.45) is 0 Å². The van der Waals surface area contributed by atoms with E-state index in [0.717, 1.165) is 5.57 Å². The Balaban J connectivity index is 1.88. The summed E-state index contributed by atoms with van der Waals surface area (Å²) in [4.78, 5) is 0. The molecule has 200 valence electrons. The Morgan fingerprint density at radius 2 is 1.06 bits per heavy atom. The monoisotopic (exact) mass is 521 g/mol. The van der Waals surface area contributed by atoms with Gasteiger partial charge >= 0.3 is 0 Å². The third-order valence-electron chi connectivity index (χ3n) is 7.67. The molecule has 0 radical (unpaired) electrons. The summed E-state index contributed by atoms with van der Waals surface area (Å²) >= 11 is 0. The maximum atomic E-state index is 4.42. The van der Waals surface area contributed by atoms with Crippen molar-refractivity contribution in [2.45, 2.75) is 110 Å². The summed E-state index contributed by atoms with van der Waals surface area (Å²) in [6, 6.07) is 21.1. The van der Waals surface area contributed by atoms with Gasteiger partial charge in [-0.25, -0.2) is 0 Å². The lowest BCUT2D eigenvalue weighted by molar-refractivity contribution is 0.397. The van der Waals surface area contributed by atoms with Crippen LogP contribution in [0.2, 0.25) is 44.8 Å². The second-order valence-corrected chi connectivity index (χ2v) is 23.0. The molecule has 2 aromatic carbocycles. The van der Waals surface area contributed by atoms with Crippen molar-refractivity contribution in [3.8, 4) is 0 Å². The molecule has 0 heterocycles. The fourth-order valence-corrected chi connectivity index (χ4v) is 9.16. The summed E-state index contributed by atoms with van der Waals surface area (Å²) in [5.41, 5.74) is 6.53. The van der Waals surface area contributed by atoms with Crippen molar-refractivity contribution < 1.29 is 0 Å². The van der Waals surface area contributed by atoms with E-state index >= 15 is 0 Å². The summed E-state index contributed by atoms with van der Waals surface area (Å²) in [5, 5.41) is 0. The smallest absolute Gasteiger partial charge is 0.122 e. The number of benzene rings is 2. The van der Waals surface area contributed by atoms with E-state index in [0.29, 0.717) is 0 Å². The van der Waals surface area contributed by atoms with Crippen LogP contribution in [0.4, 0.5) is 0 Å². The Bertz CT molecular complexity index is 883. The van der Waals surface area contributed by atoms with E-state index in [1.165, 1.54) is 98.8 Å². The highest BCUT2D eigenvalue weighted by atomic mass is 28.3. The first-order valence-corrected chi connectivity index (χ1v) is 21.5. The highest BCUT2D eigenvalue weighted by Gasteiger charge is 2.27. The van der Waals surface area contributed by atoms with E-state index in [2.05, 4.69) is 106 Å². The predicted molar refractivity (Wildman–Crippen MR) is 169 cm³/mol. The van der Waals surface area contributed by atoms with Crippen LogP contribution in [0.25, 0.3) is 5.57 Å². The number of nitrogens with zero attached hydrogens (tertiary/aromatic N) is 1. The largest absolute Gasteiger partial charge is 0.324 e. The number of hydrogen-bond donors (Lipinski definition) is 0. The Labute approximate surface area is 226 Å². The number of aryl methyl sites for hydroxylation is 2. The molecule has 0 aliphatic carbocycles. The van der Waals surface area contributed by atoms with Gasteiger partial charge in [0.15, 0.2) is 0 Å². The van der Waals surface area contributed by atoms with E-state index in [1.807, 2.05) is 0 Å². The Hall–Kier alpha value is -1.43. The van der Waals surface area contributed by atoms with Crippen molar-refractivity contribution in [1.29, 1.82) is 0 Å². The molecular formula is C33H55NSi2. The lowest BCUT2D eigenvalue weighted by Gasteiger charge is -2.37. The van der Waals surface area contributed by atoms with Crippen LogP contribution in [-0.2, 0) is 12.8 Å². The van der Waals surface area contributed by atoms with Crippen LogP contribution in [0.5, 0.6) is 0 Å². The van der Waals surface area contributed by atoms with Gasteiger partial charge in [0.2, 0.25) is 0 Å². The Morgan fingerprint density at radius 3 is 1.44 bits per heavy atom. The Kier molecular flexibility index (Phi) is 12.9. The third kappa shape index (κ3) is 10.9. The minimum atomic E-state index is -1.34. The van der Waals surface area contributed by atoms with Gasteiger partial charge in [-0.1, -0.05) is 133 Å². The lowest BCUT2D eigenvalue weighted by atomic mass is 9.96. The summed E-state index contributed by atoms with van der Waals surface area (Å²) in [7, 11) is -2.27. The first-order valence-electron chi connectivity index (χ1n) is 14.7. The number of unbranched alkanes of at least 4 members (excludes halogenated alkanes) is 2. The molecule has 2 aromatic rings. The minimum Gasteiger partial charge on any atom is -0.324 e. The maximum absolute atomic E-state index is 4.42. The molecule has 0 spiro atoms. The zero-order valence-electron chi connectivity index (χ0n) is 24.8. The van der Waals surface area contributed by atoms with Crippen LogP contribution in [0, 0.1) is 0 Å². The Morgan fingerprint density at radius 1 is 0.639 bits per heavy atom. The second kappa shape index (κ2) is 15.1. The van der Waals surface area contributed by atoms with Crippen LogP contribution in [0.1, 0.15) is 74.6 Å². The molecule has 0 fully saturated rings. The van der Waals surface area contributed by atoms with Crippen LogP contribution < -0.4 is 0 Å². The van der Waals surface area contributed by atoms with Gasteiger partial charge in [-0.3, -0.25) is 0 Å². The summed E-state index contributed by atoms with van der Waals surface area (Å²) in [6.07, 6.45) is 10.3. The highest BCUT2D eigenvalue weighted by Crippen LogP contribution is 2.25. The van der Waals surface area contributed by atoms with Gasteiger partial charge in [0.05, 0.1) is 0 Å². The molecule has 0 aliphatic heterocycles. The topological polar surface area (TPSA) is 3.24 Å². The molecule has 0 amide bonds. The van der Waals surface area contributed by atoms with E-state index in [-0.39, 0.29) is 0 Å². The predicted octanol–water partition coefficient (Wildman–Crippen LogP) is 10.1. The molecule has 3 heteroatoms. The number of rotatable bonds is 17. The molecule has 0 bridgehead atoms. The van der Waals surface area contributed by atoms with E-state index in [1.54, 1.807) is 0 Å². The first kappa shape index (κ1) is 30.8. The van der Waals surface area contributed by atoms with Gasteiger partial charge in [-0.05, 0) is 72.6 Å². The normalized spacial score (nSPS) is 12.3. The average molecular weight is 522 g/mol. The van der Waals surface area contributed by atoms with Crippen LogP contribution >= 0.6 is 0 Å². The summed E-state index contributed by atoms with van der Waals surface area (Å²) < 4.78 is 2.88. The van der Waals surface area contributed by atoms with Crippen molar-refractivity contribution in [3.05, 3.63) is 77.4 Å². The highest BCUT2D eigenvalue weighted by molar-refractivity contribution is 6.76. The van der Waals surface area contributed by atoms with Gasteiger partial charge in [0.1, 0.15) is 8.24 Å². The third-order valence-corrected chi connectivity index (χ3v) is 13.3. The standard InChI is InChI=1S/C33H55NSi2/c1-9-11-25-34(26-12-10-2)36(7,8)28-14-16-31-19-23-33(24-20-31)29(3)32-21-17-30(18-22-32)15-13-27-35(4,5)6/h17-24H,3,9-16,25-28H2,1-2,4-8H3. The SMILES string of the molecule is C=C(c1ccc(CCC[Si](C)(C)C)cc1)c1ccc(CCC[Si](C)(C)N(CCCC)CCCC)cc1. The molecule has 0 aliphatic rings. The molecule has 2 rings (SSSR count). The zero-order valence-corrected chi connectivity index (χ0v) is 26.8. The second-order valence-electron chi connectivity index (χ2n) is 12.6. The van der Waals surface area contributed by atoms with Gasteiger partial charge in [0.25, 0.3) is 0 Å². The first-order chi connectivity index (χ1) is 17.1. The van der Waals surface area contributed by atoms with Gasteiger partial charge < -0.3 is 4.57 Å². The molecule has 0 saturated carbocycles. The summed E-state index contributed by atoms with van der Waals surface area (Å²) in [6.45, 7) is 24.2. The average Bonchev–Trinajstić information content (AvgIpc) is 2.83. The van der Waals surface area contributed by atoms with Crippen molar-refractivity contribution >= 4 is 21.9 Å². The quantitative estimate of drug-likeness (QED) is 0.187. The van der Waals surface area contributed by atoms with Crippen molar-refractivity contribution in [2.75, 3.05) is 13.1 Å². The molecule has 0 aromatic heterocycles. The lowest BCUT2D eigenvalue weighted by Crippen LogP contribution is -2.49. The fraction of sp³-hybridized carbons (Fsp3) is 0.576. The van der Waals surface area contributed by atoms with E-state index in [9.17, 15) is 0 Å². The van der Waals surface area contributed by atoms with E-state index < -0.39 is 16.3 Å². The molecule has 0 atom stereocenters. The van der Waals surface area contributed by atoms with Gasteiger partial charge in [0, 0.05) is 8.07 Å². The van der Waals surface area contributed by atoms with Crippen molar-refractivity contribution in [1.82, 2.24) is 4.57 Å². The van der Waals surface area contributed by atoms with Gasteiger partial charge in [-0.15, -0.1) is 0 Å². The van der Waals surface area contributed by atoms with Crippen molar-refractivity contribution in [3.63, 3.8) is 0 Å². The molecule has 0 N–H and O–H groups in total. The van der Waals surface area contributed by atoms with Crippen LogP contribution in [0.15, 0.2) is 55.1 Å². The zero-order chi connectivity index (χ0) is 26.6. The summed E-state index contributed by atoms with van der Waals surface area (Å²) in [5.74, 6) is 0. The molecular weight excluding hydrogens is 467 g/mol. The molecule has 0 unspecified atom stereocenters. The fourth-order valence-electron chi connectivity index (χ4n) is 5.03. The minimum absolute atomic E-state index is 0.937.